The van der Waals surface area contributed by atoms with E-state index in [2.05, 4.69) is 17.3 Å². The number of carbonyl (C=O) groups is 2. The van der Waals surface area contributed by atoms with Crippen LogP contribution in [-0.2, 0) is 30.5 Å². The number of nitrogens with zero attached hydrogens (tertiary/aromatic N) is 3. The van der Waals surface area contributed by atoms with Crippen LogP contribution in [0.1, 0.15) is 49.0 Å². The van der Waals surface area contributed by atoms with Crippen LogP contribution in [0.15, 0.2) is 39.6 Å². The Morgan fingerprint density at radius 1 is 1.06 bits per heavy atom. The Balaban J connectivity index is 1.46. The smallest absolute Gasteiger partial charge is 0.343 e. The van der Waals surface area contributed by atoms with Crippen LogP contribution < -0.4 is 10.3 Å². The number of hydrogen-bond donors (Lipinski definition) is 0. The van der Waals surface area contributed by atoms with Gasteiger partial charge in [-0.3, -0.25) is 9.59 Å². The van der Waals surface area contributed by atoms with E-state index < -0.39 is 5.97 Å². The Kier molecular flexibility index (Phi) is 5.92. The Hall–Kier alpha value is -3.88. The quantitative estimate of drug-likeness (QED) is 0.532. The van der Waals surface area contributed by atoms with Crippen molar-refractivity contribution in [1.82, 2.24) is 14.6 Å². The van der Waals surface area contributed by atoms with Crippen molar-refractivity contribution in [3.8, 4) is 5.75 Å². The molecule has 9 nitrogen and oxygen atoms in total. The maximum absolute atomic E-state index is 13.2. The molecule has 2 aromatic heterocycles. The summed E-state index contributed by atoms with van der Waals surface area (Å²) in [6.45, 7) is 4.31. The summed E-state index contributed by atoms with van der Waals surface area (Å²) in [5.74, 6) is -0.0852. The number of benzene rings is 1. The first kappa shape index (κ1) is 22.9. The summed E-state index contributed by atoms with van der Waals surface area (Å²) in [5, 5.41) is 3.88. The molecule has 1 aliphatic heterocycles. The fourth-order valence-corrected chi connectivity index (χ4v) is 5.10. The van der Waals surface area contributed by atoms with Gasteiger partial charge < -0.3 is 23.5 Å². The highest BCUT2D eigenvalue weighted by Crippen LogP contribution is 2.30. The van der Waals surface area contributed by atoms with Crippen molar-refractivity contribution in [3.05, 3.63) is 80.1 Å². The molecule has 182 valence electrons. The molecule has 0 radical (unpaired) electrons. The normalized spacial score (nSPS) is 15.3. The molecule has 0 N–H and O–H groups in total. The van der Waals surface area contributed by atoms with Crippen molar-refractivity contribution in [2.45, 2.75) is 45.8 Å². The third-order valence-electron chi connectivity index (χ3n) is 6.82. The SMILES string of the molecule is COC(=O)c1c(OC2Cc3ccccc3C2)cc(=O)n2c1CCN(C(=O)c1c(C)noc1C)CC2. The van der Waals surface area contributed by atoms with E-state index in [4.69, 9.17) is 14.0 Å². The van der Waals surface area contributed by atoms with Crippen molar-refractivity contribution < 1.29 is 23.6 Å². The van der Waals surface area contributed by atoms with E-state index in [1.54, 1.807) is 23.3 Å². The van der Waals surface area contributed by atoms with Gasteiger partial charge in [0.25, 0.3) is 11.5 Å². The van der Waals surface area contributed by atoms with Crippen LogP contribution in [0.5, 0.6) is 5.75 Å². The molecule has 5 rings (SSSR count). The van der Waals surface area contributed by atoms with E-state index in [-0.39, 0.29) is 35.4 Å². The van der Waals surface area contributed by atoms with Gasteiger partial charge in [-0.2, -0.15) is 0 Å². The van der Waals surface area contributed by atoms with Crippen LogP contribution >= 0.6 is 0 Å². The largest absolute Gasteiger partial charge is 0.489 e. The summed E-state index contributed by atoms with van der Waals surface area (Å²) in [6, 6.07) is 9.48. The van der Waals surface area contributed by atoms with Crippen LogP contribution in [0.4, 0.5) is 0 Å². The van der Waals surface area contributed by atoms with Gasteiger partial charge in [0, 0.05) is 50.7 Å². The van der Waals surface area contributed by atoms with Crippen LogP contribution in [0.3, 0.4) is 0 Å². The van der Waals surface area contributed by atoms with Gasteiger partial charge in [0.15, 0.2) is 0 Å². The average molecular weight is 478 g/mol. The number of aromatic nitrogens is 2. The number of fused-ring (bicyclic) bond motifs is 2. The van der Waals surface area contributed by atoms with Gasteiger partial charge in [-0.1, -0.05) is 29.4 Å². The first-order valence-corrected chi connectivity index (χ1v) is 11.7. The summed E-state index contributed by atoms with van der Waals surface area (Å²) in [4.78, 5) is 40.9. The highest BCUT2D eigenvalue weighted by molar-refractivity contribution is 5.96. The van der Waals surface area contributed by atoms with Gasteiger partial charge in [-0.25, -0.2) is 4.79 Å². The summed E-state index contributed by atoms with van der Waals surface area (Å²) in [5.41, 5.74) is 3.86. The average Bonchev–Trinajstić information content (AvgIpc) is 3.31. The summed E-state index contributed by atoms with van der Waals surface area (Å²) in [7, 11) is 1.31. The first-order valence-electron chi connectivity index (χ1n) is 11.7. The molecule has 0 atom stereocenters. The van der Waals surface area contributed by atoms with Crippen molar-refractivity contribution >= 4 is 11.9 Å². The topological polar surface area (TPSA) is 104 Å². The second kappa shape index (κ2) is 9.05. The molecule has 0 fully saturated rings. The lowest BCUT2D eigenvalue weighted by Crippen LogP contribution is -2.34. The van der Waals surface area contributed by atoms with Gasteiger partial charge in [0.1, 0.15) is 28.7 Å². The van der Waals surface area contributed by atoms with Gasteiger partial charge in [-0.05, 0) is 25.0 Å². The van der Waals surface area contributed by atoms with Gasteiger partial charge in [-0.15, -0.1) is 0 Å². The molecule has 0 spiro atoms. The Labute approximate surface area is 202 Å². The number of ether oxygens (including phenoxy) is 2. The van der Waals surface area contributed by atoms with Crippen LogP contribution in [0, 0.1) is 13.8 Å². The van der Waals surface area contributed by atoms with E-state index >= 15 is 0 Å². The summed E-state index contributed by atoms with van der Waals surface area (Å²) >= 11 is 0. The standard InChI is InChI=1S/C26H27N3O6/c1-15-23(16(2)35-27-15)25(31)28-9-8-20-24(26(32)33-3)21(14-22(30)29(20)11-10-28)34-19-12-17-6-4-5-7-18(17)13-19/h4-7,14,19H,8-13H2,1-3H3. The lowest BCUT2D eigenvalue weighted by molar-refractivity contribution is 0.0590. The van der Waals surface area contributed by atoms with Gasteiger partial charge in [0.2, 0.25) is 0 Å². The minimum atomic E-state index is -0.565. The minimum Gasteiger partial charge on any atom is -0.489 e. The molecule has 1 aliphatic carbocycles. The number of esters is 1. The summed E-state index contributed by atoms with van der Waals surface area (Å²) < 4.78 is 18.0. The lowest BCUT2D eigenvalue weighted by atomic mass is 10.1. The van der Waals surface area contributed by atoms with Crippen LogP contribution in [0.2, 0.25) is 0 Å². The number of aryl methyl sites for hydroxylation is 2. The Bertz CT molecular complexity index is 1330. The number of carbonyl (C=O) groups excluding carboxylic acids is 2. The maximum atomic E-state index is 13.2. The zero-order chi connectivity index (χ0) is 24.7. The predicted octanol–water partition coefficient (Wildman–Crippen LogP) is 2.48. The molecule has 3 heterocycles. The Morgan fingerprint density at radius 3 is 2.40 bits per heavy atom. The molecular formula is C26H27N3O6. The second-order valence-corrected chi connectivity index (χ2v) is 8.97. The van der Waals surface area contributed by atoms with Crippen LogP contribution in [-0.4, -0.2) is 52.8 Å². The monoisotopic (exact) mass is 477 g/mol. The maximum Gasteiger partial charge on any atom is 0.343 e. The number of amides is 1. The highest BCUT2D eigenvalue weighted by atomic mass is 16.5. The molecule has 3 aromatic rings. The van der Waals surface area contributed by atoms with E-state index in [9.17, 15) is 14.4 Å². The first-order chi connectivity index (χ1) is 16.9. The van der Waals surface area contributed by atoms with Gasteiger partial charge in [0.05, 0.1) is 12.8 Å². The van der Waals surface area contributed by atoms with E-state index in [1.165, 1.54) is 24.3 Å². The predicted molar refractivity (Wildman–Crippen MR) is 126 cm³/mol. The van der Waals surface area contributed by atoms with E-state index in [0.29, 0.717) is 55.1 Å². The van der Waals surface area contributed by atoms with Crippen molar-refractivity contribution in [2.24, 2.45) is 0 Å². The highest BCUT2D eigenvalue weighted by Gasteiger charge is 2.31. The Morgan fingerprint density at radius 2 is 1.77 bits per heavy atom. The van der Waals surface area contributed by atoms with Crippen molar-refractivity contribution in [2.75, 3.05) is 20.2 Å². The third kappa shape index (κ3) is 4.11. The zero-order valence-corrected chi connectivity index (χ0v) is 20.0. The minimum absolute atomic E-state index is 0.179. The molecule has 35 heavy (non-hydrogen) atoms. The number of pyridine rings is 1. The fraction of sp³-hybridized carbons (Fsp3) is 0.385. The van der Waals surface area contributed by atoms with Crippen LogP contribution in [0.25, 0.3) is 0 Å². The van der Waals surface area contributed by atoms with Crippen molar-refractivity contribution in [1.29, 1.82) is 0 Å². The molecular weight excluding hydrogens is 450 g/mol. The van der Waals surface area contributed by atoms with Crippen molar-refractivity contribution in [3.63, 3.8) is 0 Å². The molecule has 1 aromatic carbocycles. The van der Waals surface area contributed by atoms with E-state index in [1.807, 2.05) is 12.1 Å². The van der Waals surface area contributed by atoms with Gasteiger partial charge >= 0.3 is 5.97 Å². The zero-order valence-electron chi connectivity index (χ0n) is 20.0. The molecule has 0 saturated carbocycles. The molecule has 0 saturated heterocycles. The molecule has 0 bridgehead atoms. The molecule has 0 unspecified atom stereocenters. The molecule has 1 amide bonds. The summed E-state index contributed by atoms with van der Waals surface area (Å²) in [6.07, 6.45) is 1.53. The number of hydrogen-bond acceptors (Lipinski definition) is 7. The second-order valence-electron chi connectivity index (χ2n) is 8.97. The number of rotatable bonds is 4. The number of methoxy groups -OCH3 is 1. The lowest BCUT2D eigenvalue weighted by Gasteiger charge is -2.20. The fourth-order valence-electron chi connectivity index (χ4n) is 5.10. The molecule has 2 aliphatic rings. The molecule has 9 heteroatoms. The van der Waals surface area contributed by atoms with E-state index in [0.717, 1.165) is 0 Å². The third-order valence-corrected chi connectivity index (χ3v) is 6.82.